The van der Waals surface area contributed by atoms with E-state index in [0.29, 0.717) is 25.8 Å². The summed E-state index contributed by atoms with van der Waals surface area (Å²) >= 11 is 0. The summed E-state index contributed by atoms with van der Waals surface area (Å²) in [6.07, 6.45) is 1.29. The molecular weight excluding hydrogens is 422 g/mol. The van der Waals surface area contributed by atoms with Crippen LogP contribution in [0.3, 0.4) is 0 Å². The quantitative estimate of drug-likeness (QED) is 0.139. The molecule has 12 heteroatoms. The first-order chi connectivity index (χ1) is 14.9. The van der Waals surface area contributed by atoms with Crippen LogP contribution < -0.4 is 27.4 Å². The van der Waals surface area contributed by atoms with Crippen molar-refractivity contribution in [1.82, 2.24) is 16.0 Å². The summed E-state index contributed by atoms with van der Waals surface area (Å²) in [4.78, 5) is 59.8. The zero-order chi connectivity index (χ0) is 24.8. The highest BCUT2D eigenvalue weighted by Crippen LogP contribution is 2.08. The van der Waals surface area contributed by atoms with Gasteiger partial charge >= 0.3 is 11.9 Å². The molecule has 0 aromatic carbocycles. The van der Waals surface area contributed by atoms with Crippen LogP contribution in [-0.2, 0) is 24.0 Å². The van der Waals surface area contributed by atoms with Gasteiger partial charge in [0.2, 0.25) is 17.7 Å². The van der Waals surface area contributed by atoms with Crippen molar-refractivity contribution >= 4 is 29.7 Å². The lowest BCUT2D eigenvalue weighted by Gasteiger charge is -2.25. The number of rotatable bonds is 16. The molecule has 0 rings (SSSR count). The number of aliphatic carboxylic acids is 2. The number of hydrogen-bond donors (Lipinski definition) is 7. The number of nitrogens with two attached hydrogens (primary N) is 2. The van der Waals surface area contributed by atoms with Crippen LogP contribution in [0, 0.1) is 5.92 Å². The van der Waals surface area contributed by atoms with Crippen molar-refractivity contribution in [3.63, 3.8) is 0 Å². The predicted octanol–water partition coefficient (Wildman–Crippen LogP) is -1.09. The van der Waals surface area contributed by atoms with E-state index in [1.807, 2.05) is 6.92 Å². The Hall–Kier alpha value is -2.73. The Balaban J connectivity index is 5.44. The Morgan fingerprint density at radius 1 is 0.844 bits per heavy atom. The van der Waals surface area contributed by atoms with Gasteiger partial charge in [-0.25, -0.2) is 0 Å². The molecule has 0 aliphatic heterocycles. The Morgan fingerprint density at radius 3 is 1.88 bits per heavy atom. The molecule has 0 spiro atoms. The highest BCUT2D eigenvalue weighted by molar-refractivity contribution is 5.94. The summed E-state index contributed by atoms with van der Waals surface area (Å²) in [6.45, 7) is 5.29. The Kier molecular flexibility index (Phi) is 13.8. The van der Waals surface area contributed by atoms with Gasteiger partial charge in [-0.05, 0) is 45.1 Å². The molecule has 0 bridgehead atoms. The van der Waals surface area contributed by atoms with Gasteiger partial charge < -0.3 is 37.6 Å². The third-order valence-electron chi connectivity index (χ3n) is 5.15. The Bertz CT molecular complexity index is 658. The highest BCUT2D eigenvalue weighted by atomic mass is 16.4. The van der Waals surface area contributed by atoms with Gasteiger partial charge in [0.05, 0.1) is 6.04 Å². The van der Waals surface area contributed by atoms with Crippen molar-refractivity contribution in [2.24, 2.45) is 17.4 Å². The largest absolute Gasteiger partial charge is 0.481 e. The van der Waals surface area contributed by atoms with Gasteiger partial charge in [-0.1, -0.05) is 20.3 Å². The maximum Gasteiger partial charge on any atom is 0.325 e. The van der Waals surface area contributed by atoms with Gasteiger partial charge in [-0.3, -0.25) is 24.0 Å². The van der Waals surface area contributed by atoms with Crippen molar-refractivity contribution in [2.75, 3.05) is 6.54 Å². The highest BCUT2D eigenvalue weighted by Gasteiger charge is 2.30. The summed E-state index contributed by atoms with van der Waals surface area (Å²) in [5.41, 5.74) is 11.4. The molecule has 0 radical (unpaired) electrons. The summed E-state index contributed by atoms with van der Waals surface area (Å²) in [5, 5.41) is 25.2. The van der Waals surface area contributed by atoms with Gasteiger partial charge in [-0.15, -0.1) is 0 Å². The van der Waals surface area contributed by atoms with Crippen molar-refractivity contribution in [1.29, 1.82) is 0 Å². The molecule has 0 aliphatic carbocycles. The van der Waals surface area contributed by atoms with Crippen LogP contribution in [0.15, 0.2) is 0 Å². The van der Waals surface area contributed by atoms with Gasteiger partial charge in [0.15, 0.2) is 0 Å². The predicted molar refractivity (Wildman–Crippen MR) is 116 cm³/mol. The second-order valence-electron chi connectivity index (χ2n) is 7.82. The molecule has 32 heavy (non-hydrogen) atoms. The SMILES string of the molecule is CCC(C)C(N)C(=O)NC(CCC(=O)O)C(=O)NC(CCCCN)C(=O)NC(C)C(=O)O. The molecule has 0 aliphatic rings. The minimum Gasteiger partial charge on any atom is -0.481 e. The molecule has 12 nitrogen and oxygen atoms in total. The first kappa shape index (κ1) is 29.3. The topological polar surface area (TPSA) is 214 Å². The lowest BCUT2D eigenvalue weighted by molar-refractivity contribution is -0.141. The average molecular weight is 460 g/mol. The van der Waals surface area contributed by atoms with E-state index in [9.17, 15) is 24.0 Å². The van der Waals surface area contributed by atoms with E-state index in [2.05, 4.69) is 16.0 Å². The van der Waals surface area contributed by atoms with Gasteiger partial charge in [0.1, 0.15) is 18.1 Å². The third-order valence-corrected chi connectivity index (χ3v) is 5.15. The minimum atomic E-state index is -1.24. The van der Waals surface area contributed by atoms with Gasteiger partial charge in [0.25, 0.3) is 0 Å². The molecule has 3 amide bonds. The lowest BCUT2D eigenvalue weighted by atomic mass is 9.98. The average Bonchev–Trinajstić information content (AvgIpc) is 2.73. The fourth-order valence-electron chi connectivity index (χ4n) is 2.73. The molecule has 0 fully saturated rings. The number of amides is 3. The molecule has 184 valence electrons. The molecule has 0 saturated heterocycles. The summed E-state index contributed by atoms with van der Waals surface area (Å²) in [5.74, 6) is -4.62. The molecule has 0 aromatic rings. The molecule has 0 aromatic heterocycles. The van der Waals surface area contributed by atoms with Gasteiger partial charge in [0, 0.05) is 6.42 Å². The fraction of sp³-hybridized carbons (Fsp3) is 0.750. The molecular formula is C20H37N5O7. The fourth-order valence-corrected chi connectivity index (χ4v) is 2.73. The number of hydrogen-bond acceptors (Lipinski definition) is 7. The monoisotopic (exact) mass is 459 g/mol. The van der Waals surface area contributed by atoms with Crippen molar-refractivity contribution in [3.05, 3.63) is 0 Å². The van der Waals surface area contributed by atoms with Crippen LogP contribution in [0.25, 0.3) is 0 Å². The van der Waals surface area contributed by atoms with E-state index in [-0.39, 0.29) is 18.8 Å². The minimum absolute atomic E-state index is 0.162. The summed E-state index contributed by atoms with van der Waals surface area (Å²) in [6, 6.07) is -4.37. The van der Waals surface area contributed by atoms with E-state index in [0.717, 1.165) is 0 Å². The van der Waals surface area contributed by atoms with Crippen LogP contribution in [0.4, 0.5) is 0 Å². The van der Waals surface area contributed by atoms with E-state index in [4.69, 9.17) is 21.7 Å². The van der Waals surface area contributed by atoms with E-state index >= 15 is 0 Å². The molecule has 5 unspecified atom stereocenters. The van der Waals surface area contributed by atoms with E-state index in [1.165, 1.54) is 6.92 Å². The van der Waals surface area contributed by atoms with E-state index < -0.39 is 60.2 Å². The van der Waals surface area contributed by atoms with Crippen LogP contribution in [0.2, 0.25) is 0 Å². The van der Waals surface area contributed by atoms with Crippen LogP contribution in [0.1, 0.15) is 59.3 Å². The standard InChI is InChI=1S/C20H37N5O7/c1-4-11(2)16(22)19(30)25-14(8-9-15(26)27)18(29)24-13(7-5-6-10-21)17(28)23-12(3)20(31)32/h11-14,16H,4-10,21-22H2,1-3H3,(H,23,28)(H,24,29)(H,25,30)(H,26,27)(H,31,32). The normalized spacial score (nSPS) is 15.5. The number of carbonyl (C=O) groups is 5. The third kappa shape index (κ3) is 11.0. The van der Waals surface area contributed by atoms with Gasteiger partial charge in [-0.2, -0.15) is 0 Å². The van der Waals surface area contributed by atoms with Crippen molar-refractivity contribution in [2.45, 2.75) is 83.5 Å². The first-order valence-electron chi connectivity index (χ1n) is 10.8. The summed E-state index contributed by atoms with van der Waals surface area (Å²) < 4.78 is 0. The Labute approximate surface area is 187 Å². The van der Waals surface area contributed by atoms with E-state index in [1.54, 1.807) is 6.92 Å². The van der Waals surface area contributed by atoms with Crippen LogP contribution in [0.5, 0.6) is 0 Å². The van der Waals surface area contributed by atoms with Crippen molar-refractivity contribution < 1.29 is 34.2 Å². The van der Waals surface area contributed by atoms with Crippen LogP contribution >= 0.6 is 0 Å². The van der Waals surface area contributed by atoms with Crippen molar-refractivity contribution in [3.8, 4) is 0 Å². The zero-order valence-corrected chi connectivity index (χ0v) is 18.9. The maximum atomic E-state index is 12.8. The van der Waals surface area contributed by atoms with Crippen LogP contribution in [-0.4, -0.2) is 70.6 Å². The maximum absolute atomic E-state index is 12.8. The second-order valence-corrected chi connectivity index (χ2v) is 7.82. The first-order valence-corrected chi connectivity index (χ1v) is 10.8. The summed E-state index contributed by atoms with van der Waals surface area (Å²) in [7, 11) is 0. The number of unbranched alkanes of at least 4 members (excludes halogenated alkanes) is 1. The molecule has 0 saturated carbocycles. The molecule has 5 atom stereocenters. The number of carboxylic acids is 2. The second kappa shape index (κ2) is 15.1. The number of nitrogens with one attached hydrogen (secondary N) is 3. The zero-order valence-electron chi connectivity index (χ0n) is 18.9. The number of carbonyl (C=O) groups excluding carboxylic acids is 3. The molecule has 9 N–H and O–H groups in total. The smallest absolute Gasteiger partial charge is 0.325 e. The Morgan fingerprint density at radius 2 is 1.38 bits per heavy atom. The molecule has 0 heterocycles. The lowest BCUT2D eigenvalue weighted by Crippen LogP contribution is -2.57. The number of carboxylic acid groups (broad SMARTS) is 2.